The van der Waals surface area contributed by atoms with Crippen LogP contribution in [-0.4, -0.2) is 23.2 Å². The monoisotopic (exact) mass is 309 g/mol. The number of nitrogens with zero attached hydrogens (tertiary/aromatic N) is 2. The molecule has 2 heterocycles. The maximum absolute atomic E-state index is 12.0. The summed E-state index contributed by atoms with van der Waals surface area (Å²) in [6, 6.07) is 12.7. The Labute approximate surface area is 133 Å². The van der Waals surface area contributed by atoms with Gasteiger partial charge in [-0.05, 0) is 36.4 Å². The lowest BCUT2D eigenvalue weighted by Crippen LogP contribution is -2.14. The minimum atomic E-state index is -0.174. The van der Waals surface area contributed by atoms with Gasteiger partial charge < -0.3 is 14.6 Å². The number of aromatic nitrogens is 2. The van der Waals surface area contributed by atoms with Crippen LogP contribution in [0.1, 0.15) is 5.69 Å². The molecule has 6 nitrogen and oxygen atoms in total. The lowest BCUT2D eigenvalue weighted by Gasteiger charge is -2.01. The second kappa shape index (κ2) is 6.74. The number of hydrogen-bond donors (Lipinski definition) is 1. The quantitative estimate of drug-likeness (QED) is 0.784. The molecule has 6 heteroatoms. The second-order valence-corrected chi connectivity index (χ2v) is 4.88. The van der Waals surface area contributed by atoms with Gasteiger partial charge in [-0.2, -0.15) is 0 Å². The van der Waals surface area contributed by atoms with Crippen molar-refractivity contribution in [2.75, 3.05) is 12.4 Å². The summed E-state index contributed by atoms with van der Waals surface area (Å²) in [7, 11) is 1.61. The van der Waals surface area contributed by atoms with Crippen LogP contribution < -0.4 is 10.1 Å². The molecule has 0 saturated carbocycles. The van der Waals surface area contributed by atoms with Crippen molar-refractivity contribution in [1.82, 2.24) is 10.1 Å². The highest BCUT2D eigenvalue weighted by Gasteiger charge is 2.11. The van der Waals surface area contributed by atoms with Crippen molar-refractivity contribution in [2.45, 2.75) is 6.42 Å². The largest absolute Gasteiger partial charge is 0.497 e. The molecule has 0 spiro atoms. The average molecular weight is 309 g/mol. The summed E-state index contributed by atoms with van der Waals surface area (Å²) in [5, 5.41) is 6.69. The standard InChI is InChI=1S/C17H15N3O3/c1-22-15-6-4-12(5-7-15)16-9-14(20-23-16)10-17(21)19-13-3-2-8-18-11-13/h2-9,11H,10H2,1H3,(H,19,21). The first-order valence-corrected chi connectivity index (χ1v) is 7.04. The van der Waals surface area contributed by atoms with Crippen molar-refractivity contribution in [2.24, 2.45) is 0 Å². The molecule has 0 atom stereocenters. The molecular weight excluding hydrogens is 294 g/mol. The van der Waals surface area contributed by atoms with Gasteiger partial charge in [0.05, 0.1) is 31.1 Å². The van der Waals surface area contributed by atoms with Gasteiger partial charge in [-0.25, -0.2) is 0 Å². The number of nitrogens with one attached hydrogen (secondary N) is 1. The van der Waals surface area contributed by atoms with E-state index in [4.69, 9.17) is 9.26 Å². The number of amides is 1. The van der Waals surface area contributed by atoms with Gasteiger partial charge in [0.2, 0.25) is 5.91 Å². The van der Waals surface area contributed by atoms with Crippen molar-refractivity contribution < 1.29 is 14.1 Å². The van der Waals surface area contributed by atoms with Crippen LogP contribution in [0.25, 0.3) is 11.3 Å². The fourth-order valence-electron chi connectivity index (χ4n) is 2.09. The number of carbonyl (C=O) groups excluding carboxylic acids is 1. The van der Waals surface area contributed by atoms with Gasteiger partial charge in [-0.1, -0.05) is 5.16 Å². The van der Waals surface area contributed by atoms with Gasteiger partial charge in [-0.3, -0.25) is 9.78 Å². The molecule has 116 valence electrons. The van der Waals surface area contributed by atoms with E-state index in [1.165, 1.54) is 0 Å². The van der Waals surface area contributed by atoms with Gasteiger partial charge in [-0.15, -0.1) is 0 Å². The van der Waals surface area contributed by atoms with E-state index < -0.39 is 0 Å². The molecule has 23 heavy (non-hydrogen) atoms. The zero-order valence-electron chi connectivity index (χ0n) is 12.5. The number of carbonyl (C=O) groups is 1. The predicted molar refractivity (Wildman–Crippen MR) is 85.1 cm³/mol. The third-order valence-corrected chi connectivity index (χ3v) is 3.22. The van der Waals surface area contributed by atoms with E-state index >= 15 is 0 Å². The Balaban J connectivity index is 1.65. The number of ether oxygens (including phenoxy) is 1. The second-order valence-electron chi connectivity index (χ2n) is 4.88. The minimum absolute atomic E-state index is 0.133. The van der Waals surface area contributed by atoms with Crippen LogP contribution in [-0.2, 0) is 11.2 Å². The predicted octanol–water partition coefficient (Wildman–Crippen LogP) is 2.93. The summed E-state index contributed by atoms with van der Waals surface area (Å²) in [5.41, 5.74) is 2.09. The summed E-state index contributed by atoms with van der Waals surface area (Å²) < 4.78 is 10.4. The zero-order valence-corrected chi connectivity index (χ0v) is 12.5. The highest BCUT2D eigenvalue weighted by molar-refractivity contribution is 5.91. The highest BCUT2D eigenvalue weighted by Crippen LogP contribution is 2.23. The van der Waals surface area contributed by atoms with Crippen LogP contribution in [0.3, 0.4) is 0 Å². The first-order valence-electron chi connectivity index (χ1n) is 7.04. The van der Waals surface area contributed by atoms with Crippen molar-refractivity contribution in [1.29, 1.82) is 0 Å². The summed E-state index contributed by atoms with van der Waals surface area (Å²) in [6.45, 7) is 0. The van der Waals surface area contributed by atoms with Gasteiger partial charge >= 0.3 is 0 Å². The SMILES string of the molecule is COc1ccc(-c2cc(CC(=O)Nc3cccnc3)no2)cc1. The molecule has 2 aromatic heterocycles. The number of hydrogen-bond acceptors (Lipinski definition) is 5. The fraction of sp³-hybridized carbons (Fsp3) is 0.118. The molecule has 0 fully saturated rings. The summed E-state index contributed by atoms with van der Waals surface area (Å²) >= 11 is 0. The normalized spacial score (nSPS) is 10.3. The molecule has 0 bridgehead atoms. The van der Waals surface area contributed by atoms with Crippen molar-refractivity contribution in [3.8, 4) is 17.1 Å². The molecule has 3 rings (SSSR count). The molecule has 1 aromatic carbocycles. The number of benzene rings is 1. The van der Waals surface area contributed by atoms with E-state index in [1.54, 1.807) is 37.7 Å². The molecular formula is C17H15N3O3. The van der Waals surface area contributed by atoms with E-state index in [1.807, 2.05) is 24.3 Å². The molecule has 0 saturated heterocycles. The Morgan fingerprint density at radius 1 is 1.26 bits per heavy atom. The lowest BCUT2D eigenvalue weighted by atomic mass is 10.1. The van der Waals surface area contributed by atoms with Crippen LogP contribution in [0, 0.1) is 0 Å². The van der Waals surface area contributed by atoms with Crippen LogP contribution in [0.2, 0.25) is 0 Å². The summed E-state index contributed by atoms with van der Waals surface area (Å²) in [4.78, 5) is 15.9. The van der Waals surface area contributed by atoms with Crippen LogP contribution >= 0.6 is 0 Å². The van der Waals surface area contributed by atoms with E-state index in [-0.39, 0.29) is 12.3 Å². The Morgan fingerprint density at radius 2 is 2.09 bits per heavy atom. The Bertz CT molecular complexity index is 782. The van der Waals surface area contributed by atoms with Gasteiger partial charge in [0.15, 0.2) is 5.76 Å². The van der Waals surface area contributed by atoms with Gasteiger partial charge in [0, 0.05) is 17.8 Å². The molecule has 0 aliphatic heterocycles. The maximum atomic E-state index is 12.0. The van der Waals surface area contributed by atoms with Crippen LogP contribution in [0.15, 0.2) is 59.4 Å². The summed E-state index contributed by atoms with van der Waals surface area (Å²) in [6.07, 6.45) is 3.37. The van der Waals surface area contributed by atoms with Gasteiger partial charge in [0.1, 0.15) is 5.75 Å². The Morgan fingerprint density at radius 3 is 2.78 bits per heavy atom. The van der Waals surface area contributed by atoms with Crippen LogP contribution in [0.5, 0.6) is 5.75 Å². The average Bonchev–Trinajstić information content (AvgIpc) is 3.04. The highest BCUT2D eigenvalue weighted by atomic mass is 16.5. The van der Waals surface area contributed by atoms with Gasteiger partial charge in [0.25, 0.3) is 0 Å². The number of methoxy groups -OCH3 is 1. The number of anilines is 1. The zero-order chi connectivity index (χ0) is 16.1. The number of rotatable bonds is 5. The molecule has 1 N–H and O–H groups in total. The van der Waals surface area contributed by atoms with E-state index in [0.717, 1.165) is 11.3 Å². The smallest absolute Gasteiger partial charge is 0.230 e. The van der Waals surface area contributed by atoms with Crippen molar-refractivity contribution in [3.05, 3.63) is 60.6 Å². The molecule has 3 aromatic rings. The topological polar surface area (TPSA) is 77.2 Å². The Hall–Kier alpha value is -3.15. The first kappa shape index (κ1) is 14.8. The Kier molecular flexibility index (Phi) is 4.33. The summed E-state index contributed by atoms with van der Waals surface area (Å²) in [5.74, 6) is 1.20. The van der Waals surface area contributed by atoms with Crippen molar-refractivity contribution in [3.63, 3.8) is 0 Å². The van der Waals surface area contributed by atoms with Crippen molar-refractivity contribution >= 4 is 11.6 Å². The maximum Gasteiger partial charge on any atom is 0.230 e. The van der Waals surface area contributed by atoms with Crippen LogP contribution in [0.4, 0.5) is 5.69 Å². The van der Waals surface area contributed by atoms with E-state index in [0.29, 0.717) is 17.1 Å². The first-order chi connectivity index (χ1) is 11.2. The number of pyridine rings is 1. The molecule has 0 unspecified atom stereocenters. The van der Waals surface area contributed by atoms with E-state index in [9.17, 15) is 4.79 Å². The third-order valence-electron chi connectivity index (χ3n) is 3.22. The molecule has 0 aliphatic rings. The fourth-order valence-corrected chi connectivity index (χ4v) is 2.09. The molecule has 0 aliphatic carbocycles. The molecule has 1 amide bonds. The third kappa shape index (κ3) is 3.74. The lowest BCUT2D eigenvalue weighted by molar-refractivity contribution is -0.115. The van der Waals surface area contributed by atoms with E-state index in [2.05, 4.69) is 15.5 Å². The molecule has 0 radical (unpaired) electrons. The minimum Gasteiger partial charge on any atom is -0.497 e.